The molecule has 1 rings (SSSR count). The summed E-state index contributed by atoms with van der Waals surface area (Å²) in [5, 5.41) is 16.1. The summed E-state index contributed by atoms with van der Waals surface area (Å²) in [6.07, 6.45) is 7.89. The number of hydrogen-bond acceptors (Lipinski definition) is 2. The van der Waals surface area contributed by atoms with Gasteiger partial charge in [-0.3, -0.25) is 5.41 Å². The SMILES string of the molecule is CC1=CC=CC(C)C=C1C(=N)C#N. The number of rotatable bonds is 1. The zero-order chi connectivity index (χ0) is 9.84. The molecule has 0 aliphatic heterocycles. The standard InChI is InChI=1S/C11H12N2/c1-8-4-3-5-9(2)10(6-8)11(13)7-12/h3-6,8,13H,1-2H3. The van der Waals surface area contributed by atoms with Gasteiger partial charge in [0.05, 0.1) is 0 Å². The highest BCUT2D eigenvalue weighted by Gasteiger charge is 2.09. The van der Waals surface area contributed by atoms with Crippen molar-refractivity contribution in [1.82, 2.24) is 0 Å². The van der Waals surface area contributed by atoms with Gasteiger partial charge in [0.1, 0.15) is 11.8 Å². The lowest BCUT2D eigenvalue weighted by molar-refractivity contribution is 0.937. The van der Waals surface area contributed by atoms with E-state index in [0.29, 0.717) is 0 Å². The number of hydrogen-bond donors (Lipinski definition) is 1. The number of nitrogens with one attached hydrogen (secondary N) is 1. The third-order valence-corrected chi connectivity index (χ3v) is 2.00. The van der Waals surface area contributed by atoms with Crippen molar-refractivity contribution in [3.63, 3.8) is 0 Å². The molecule has 0 spiro atoms. The molecular formula is C11H12N2. The van der Waals surface area contributed by atoms with Crippen LogP contribution in [0.4, 0.5) is 0 Å². The maximum Gasteiger partial charge on any atom is 0.139 e. The molecule has 1 atom stereocenters. The molecule has 1 N–H and O–H groups in total. The lowest BCUT2D eigenvalue weighted by Gasteiger charge is -2.03. The smallest absolute Gasteiger partial charge is 0.139 e. The van der Waals surface area contributed by atoms with Gasteiger partial charge in [0.2, 0.25) is 0 Å². The molecule has 0 amide bonds. The molecule has 0 radical (unpaired) electrons. The molecule has 0 aromatic carbocycles. The van der Waals surface area contributed by atoms with Gasteiger partial charge < -0.3 is 0 Å². The average Bonchev–Trinajstić information content (AvgIpc) is 2.27. The van der Waals surface area contributed by atoms with Gasteiger partial charge in [0, 0.05) is 5.57 Å². The molecule has 1 aliphatic rings. The van der Waals surface area contributed by atoms with E-state index in [1.54, 1.807) is 0 Å². The Morgan fingerprint density at radius 2 is 2.31 bits per heavy atom. The minimum absolute atomic E-state index is 0.0456. The number of nitriles is 1. The van der Waals surface area contributed by atoms with Crippen LogP contribution in [0.3, 0.4) is 0 Å². The van der Waals surface area contributed by atoms with Gasteiger partial charge in [0.15, 0.2) is 0 Å². The molecule has 0 aromatic rings. The van der Waals surface area contributed by atoms with Crippen LogP contribution >= 0.6 is 0 Å². The molecular weight excluding hydrogens is 160 g/mol. The molecule has 0 aromatic heterocycles. The van der Waals surface area contributed by atoms with Crippen LogP contribution in [0.5, 0.6) is 0 Å². The van der Waals surface area contributed by atoms with Gasteiger partial charge in [-0.15, -0.1) is 0 Å². The van der Waals surface area contributed by atoms with Gasteiger partial charge in [-0.1, -0.05) is 31.2 Å². The van der Waals surface area contributed by atoms with E-state index >= 15 is 0 Å². The topological polar surface area (TPSA) is 47.6 Å². The molecule has 1 unspecified atom stereocenters. The van der Waals surface area contributed by atoms with E-state index in [0.717, 1.165) is 11.1 Å². The third-order valence-electron chi connectivity index (χ3n) is 2.00. The fourth-order valence-corrected chi connectivity index (χ4v) is 1.26. The number of allylic oxidation sites excluding steroid dienone is 6. The predicted molar refractivity (Wildman–Crippen MR) is 53.5 cm³/mol. The Balaban J connectivity index is 3.08. The first kappa shape index (κ1) is 9.47. The summed E-state index contributed by atoms with van der Waals surface area (Å²) < 4.78 is 0. The second-order valence-electron chi connectivity index (χ2n) is 3.16. The van der Waals surface area contributed by atoms with Gasteiger partial charge in [0.25, 0.3) is 0 Å². The van der Waals surface area contributed by atoms with Crippen molar-refractivity contribution in [3.05, 3.63) is 35.5 Å². The lowest BCUT2D eigenvalue weighted by atomic mass is 10.0. The van der Waals surface area contributed by atoms with Crippen molar-refractivity contribution in [3.8, 4) is 6.07 Å². The summed E-state index contributed by atoms with van der Waals surface area (Å²) in [4.78, 5) is 0. The molecule has 0 saturated heterocycles. The summed E-state index contributed by atoms with van der Waals surface area (Å²) in [6.45, 7) is 3.95. The van der Waals surface area contributed by atoms with Crippen LogP contribution in [0.25, 0.3) is 0 Å². The highest BCUT2D eigenvalue weighted by molar-refractivity contribution is 6.12. The zero-order valence-electron chi connectivity index (χ0n) is 7.83. The molecule has 66 valence electrons. The Morgan fingerprint density at radius 3 is 2.92 bits per heavy atom. The Hall–Kier alpha value is -1.62. The molecule has 2 nitrogen and oxygen atoms in total. The van der Waals surface area contributed by atoms with Gasteiger partial charge in [-0.25, -0.2) is 0 Å². The van der Waals surface area contributed by atoms with E-state index in [2.05, 4.69) is 0 Å². The molecule has 0 saturated carbocycles. The third kappa shape index (κ3) is 2.16. The first-order valence-electron chi connectivity index (χ1n) is 4.21. The maximum atomic E-state index is 8.62. The minimum Gasteiger partial charge on any atom is -0.290 e. The van der Waals surface area contributed by atoms with Crippen LogP contribution in [-0.4, -0.2) is 5.71 Å². The monoisotopic (exact) mass is 172 g/mol. The van der Waals surface area contributed by atoms with Crippen molar-refractivity contribution in [1.29, 1.82) is 10.7 Å². The maximum absolute atomic E-state index is 8.62. The fourth-order valence-electron chi connectivity index (χ4n) is 1.26. The Morgan fingerprint density at radius 1 is 1.62 bits per heavy atom. The number of nitrogens with zero attached hydrogens (tertiary/aromatic N) is 1. The highest BCUT2D eigenvalue weighted by Crippen LogP contribution is 2.18. The van der Waals surface area contributed by atoms with Crippen LogP contribution in [0.2, 0.25) is 0 Å². The molecule has 1 aliphatic carbocycles. The van der Waals surface area contributed by atoms with E-state index in [9.17, 15) is 0 Å². The Kier molecular flexibility index (Phi) is 2.81. The summed E-state index contributed by atoms with van der Waals surface area (Å²) in [7, 11) is 0. The zero-order valence-corrected chi connectivity index (χ0v) is 7.83. The molecule has 0 fully saturated rings. The molecule has 0 heterocycles. The fraction of sp³-hybridized carbons (Fsp3) is 0.273. The second kappa shape index (κ2) is 3.86. The van der Waals surface area contributed by atoms with E-state index in [1.165, 1.54) is 0 Å². The van der Waals surface area contributed by atoms with E-state index in [1.807, 2.05) is 44.2 Å². The Bertz CT molecular complexity index is 351. The van der Waals surface area contributed by atoms with Crippen LogP contribution < -0.4 is 0 Å². The van der Waals surface area contributed by atoms with E-state index in [4.69, 9.17) is 10.7 Å². The first-order valence-corrected chi connectivity index (χ1v) is 4.21. The molecule has 13 heavy (non-hydrogen) atoms. The van der Waals surface area contributed by atoms with Gasteiger partial charge in [-0.2, -0.15) is 5.26 Å². The van der Waals surface area contributed by atoms with Crippen LogP contribution in [0.1, 0.15) is 13.8 Å². The summed E-state index contributed by atoms with van der Waals surface area (Å²) in [5.74, 6) is 0.289. The summed E-state index contributed by atoms with van der Waals surface area (Å²) in [6, 6.07) is 1.86. The highest BCUT2D eigenvalue weighted by atomic mass is 14.4. The van der Waals surface area contributed by atoms with Crippen molar-refractivity contribution in [2.24, 2.45) is 5.92 Å². The molecule has 2 heteroatoms. The normalized spacial score (nSPS) is 21.2. The first-order chi connectivity index (χ1) is 6.15. The van der Waals surface area contributed by atoms with Gasteiger partial charge >= 0.3 is 0 Å². The van der Waals surface area contributed by atoms with E-state index in [-0.39, 0.29) is 11.6 Å². The minimum atomic E-state index is 0.0456. The van der Waals surface area contributed by atoms with Crippen molar-refractivity contribution in [2.45, 2.75) is 13.8 Å². The van der Waals surface area contributed by atoms with Crippen molar-refractivity contribution in [2.75, 3.05) is 0 Å². The second-order valence-corrected chi connectivity index (χ2v) is 3.16. The molecule has 0 bridgehead atoms. The summed E-state index contributed by atoms with van der Waals surface area (Å²) >= 11 is 0. The van der Waals surface area contributed by atoms with E-state index < -0.39 is 0 Å². The summed E-state index contributed by atoms with van der Waals surface area (Å²) in [5.41, 5.74) is 1.77. The largest absolute Gasteiger partial charge is 0.290 e. The quantitative estimate of drug-likeness (QED) is 0.607. The van der Waals surface area contributed by atoms with Crippen molar-refractivity contribution < 1.29 is 0 Å². The lowest BCUT2D eigenvalue weighted by Crippen LogP contribution is -2.00. The van der Waals surface area contributed by atoms with Gasteiger partial charge in [-0.05, 0) is 18.4 Å². The Labute approximate surface area is 78.4 Å². The van der Waals surface area contributed by atoms with Crippen LogP contribution in [0, 0.1) is 22.7 Å². The average molecular weight is 172 g/mol. The van der Waals surface area contributed by atoms with Crippen LogP contribution in [-0.2, 0) is 0 Å². The predicted octanol–water partition coefficient (Wildman–Crippen LogP) is 2.61. The van der Waals surface area contributed by atoms with Crippen molar-refractivity contribution >= 4 is 5.71 Å². The van der Waals surface area contributed by atoms with Crippen LogP contribution in [0.15, 0.2) is 35.5 Å².